The van der Waals surface area contributed by atoms with Crippen molar-refractivity contribution >= 4 is 5.96 Å². The van der Waals surface area contributed by atoms with Crippen molar-refractivity contribution < 1.29 is 4.74 Å². The monoisotopic (exact) mass is 359 g/mol. The molecule has 0 atom stereocenters. The number of pyridine rings is 1. The molecule has 0 unspecified atom stereocenters. The van der Waals surface area contributed by atoms with Crippen LogP contribution in [0.25, 0.3) is 0 Å². The van der Waals surface area contributed by atoms with E-state index in [4.69, 9.17) is 4.74 Å². The summed E-state index contributed by atoms with van der Waals surface area (Å²) in [6.07, 6.45) is 4.46. The van der Waals surface area contributed by atoms with E-state index in [1.165, 1.54) is 0 Å². The van der Waals surface area contributed by atoms with E-state index in [0.717, 1.165) is 60.4 Å². The van der Waals surface area contributed by atoms with Gasteiger partial charge in [0.25, 0.3) is 0 Å². The Labute approximate surface area is 155 Å². The molecule has 2 N–H and O–H groups in total. The number of aromatic nitrogens is 4. The van der Waals surface area contributed by atoms with Gasteiger partial charge in [-0.3, -0.25) is 4.98 Å². The van der Waals surface area contributed by atoms with Crippen molar-refractivity contribution in [3.63, 3.8) is 0 Å². The zero-order chi connectivity index (χ0) is 18.9. The fraction of sp³-hybridized carbons (Fsp3) is 0.556. The summed E-state index contributed by atoms with van der Waals surface area (Å²) < 4.78 is 7.51. The van der Waals surface area contributed by atoms with E-state index < -0.39 is 0 Å². The van der Waals surface area contributed by atoms with Crippen LogP contribution in [0, 0.1) is 13.8 Å². The van der Waals surface area contributed by atoms with Crippen molar-refractivity contribution in [1.29, 1.82) is 0 Å². The molecule has 0 fully saturated rings. The molecular weight excluding hydrogens is 330 g/mol. The van der Waals surface area contributed by atoms with Crippen LogP contribution in [0.4, 0.5) is 0 Å². The van der Waals surface area contributed by atoms with Gasteiger partial charge in [0.2, 0.25) is 0 Å². The molecule has 0 saturated carbocycles. The lowest BCUT2D eigenvalue weighted by molar-refractivity contribution is 0.407. The molecular formula is C18H29N7O. The van der Waals surface area contributed by atoms with Crippen molar-refractivity contribution in [2.24, 2.45) is 4.99 Å². The summed E-state index contributed by atoms with van der Waals surface area (Å²) in [5.41, 5.74) is 2.98. The highest BCUT2D eigenvalue weighted by Crippen LogP contribution is 2.24. The Morgan fingerprint density at radius 2 is 2.08 bits per heavy atom. The molecule has 0 spiro atoms. The molecule has 8 heteroatoms. The lowest BCUT2D eigenvalue weighted by atomic mass is 10.1. The fourth-order valence-electron chi connectivity index (χ4n) is 2.76. The van der Waals surface area contributed by atoms with E-state index in [2.05, 4.69) is 37.7 Å². The van der Waals surface area contributed by atoms with Crippen LogP contribution in [-0.2, 0) is 19.5 Å². The highest BCUT2D eigenvalue weighted by atomic mass is 16.5. The predicted octanol–water partition coefficient (Wildman–Crippen LogP) is 1.62. The first-order valence-corrected chi connectivity index (χ1v) is 8.98. The first-order valence-electron chi connectivity index (χ1n) is 8.98. The Morgan fingerprint density at radius 1 is 1.27 bits per heavy atom. The zero-order valence-corrected chi connectivity index (χ0v) is 16.3. The minimum atomic E-state index is 0.491. The smallest absolute Gasteiger partial charge is 0.191 e. The highest BCUT2D eigenvalue weighted by Gasteiger charge is 2.09. The minimum absolute atomic E-state index is 0.491. The highest BCUT2D eigenvalue weighted by molar-refractivity contribution is 5.79. The number of methoxy groups -OCH3 is 1. The number of aliphatic imine (C=N–C) groups is 1. The maximum absolute atomic E-state index is 5.46. The molecule has 8 nitrogen and oxygen atoms in total. The second-order valence-corrected chi connectivity index (χ2v) is 5.96. The third-order valence-electron chi connectivity index (χ3n) is 4.14. The molecule has 0 bridgehead atoms. The van der Waals surface area contributed by atoms with Gasteiger partial charge in [-0.05, 0) is 20.8 Å². The molecule has 0 saturated heterocycles. The summed E-state index contributed by atoms with van der Waals surface area (Å²) in [5.74, 6) is 2.63. The quantitative estimate of drug-likeness (QED) is 0.550. The third kappa shape index (κ3) is 4.93. The standard InChI is InChI=1S/C18H29N7O/c1-6-16-24-23-12-25(16)9-8-20-18(19-7-2)22-11-15-14(4)17(26-5)13(3)10-21-15/h10,12H,6-9,11H2,1-5H3,(H2,19,20,22). The van der Waals surface area contributed by atoms with Gasteiger partial charge >= 0.3 is 0 Å². The van der Waals surface area contributed by atoms with Crippen LogP contribution in [-0.4, -0.2) is 45.9 Å². The van der Waals surface area contributed by atoms with Crippen LogP contribution in [0.2, 0.25) is 0 Å². The lowest BCUT2D eigenvalue weighted by Gasteiger charge is -2.14. The van der Waals surface area contributed by atoms with Crippen LogP contribution in [0.5, 0.6) is 5.75 Å². The fourth-order valence-corrected chi connectivity index (χ4v) is 2.76. The Kier molecular flexibility index (Phi) is 7.37. The number of nitrogens with one attached hydrogen (secondary N) is 2. The van der Waals surface area contributed by atoms with Crippen molar-refractivity contribution in [1.82, 2.24) is 30.4 Å². The number of hydrogen-bond donors (Lipinski definition) is 2. The minimum Gasteiger partial charge on any atom is -0.496 e. The van der Waals surface area contributed by atoms with Gasteiger partial charge in [0.1, 0.15) is 17.9 Å². The largest absolute Gasteiger partial charge is 0.496 e. The average Bonchev–Trinajstić information content (AvgIpc) is 3.09. The van der Waals surface area contributed by atoms with Crippen molar-refractivity contribution in [3.05, 3.63) is 35.2 Å². The summed E-state index contributed by atoms with van der Waals surface area (Å²) in [7, 11) is 1.68. The maximum atomic E-state index is 5.46. The van der Waals surface area contributed by atoms with Gasteiger partial charge in [0.15, 0.2) is 5.96 Å². The third-order valence-corrected chi connectivity index (χ3v) is 4.14. The van der Waals surface area contributed by atoms with Crippen molar-refractivity contribution in [2.45, 2.75) is 47.2 Å². The molecule has 2 aromatic rings. The van der Waals surface area contributed by atoms with Gasteiger partial charge in [0, 0.05) is 43.4 Å². The lowest BCUT2D eigenvalue weighted by Crippen LogP contribution is -2.39. The van der Waals surface area contributed by atoms with E-state index in [1.54, 1.807) is 13.4 Å². The zero-order valence-electron chi connectivity index (χ0n) is 16.3. The Morgan fingerprint density at radius 3 is 2.77 bits per heavy atom. The number of hydrogen-bond acceptors (Lipinski definition) is 5. The first kappa shape index (κ1) is 19.7. The molecule has 0 aromatic carbocycles. The topological polar surface area (TPSA) is 89.3 Å². The summed E-state index contributed by atoms with van der Waals surface area (Å²) in [6.45, 7) is 10.9. The number of nitrogens with zero attached hydrogens (tertiary/aromatic N) is 5. The second-order valence-electron chi connectivity index (χ2n) is 5.96. The molecule has 142 valence electrons. The van der Waals surface area contributed by atoms with E-state index in [0.29, 0.717) is 6.54 Å². The molecule has 0 amide bonds. The number of aryl methyl sites for hydroxylation is 2. The van der Waals surface area contributed by atoms with Crippen molar-refractivity contribution in [2.75, 3.05) is 20.2 Å². The van der Waals surface area contributed by atoms with Crippen LogP contribution in [0.15, 0.2) is 17.5 Å². The second kappa shape index (κ2) is 9.74. The molecule has 2 rings (SSSR count). The Balaban J connectivity index is 2.00. The molecule has 0 radical (unpaired) electrons. The van der Waals surface area contributed by atoms with Gasteiger partial charge < -0.3 is 19.9 Å². The van der Waals surface area contributed by atoms with Crippen LogP contribution in [0.1, 0.15) is 36.5 Å². The van der Waals surface area contributed by atoms with Gasteiger partial charge in [0.05, 0.1) is 19.3 Å². The van der Waals surface area contributed by atoms with Crippen LogP contribution in [0.3, 0.4) is 0 Å². The summed E-state index contributed by atoms with van der Waals surface area (Å²) in [4.78, 5) is 9.15. The summed E-state index contributed by atoms with van der Waals surface area (Å²) in [5, 5.41) is 14.7. The molecule has 2 aromatic heterocycles. The van der Waals surface area contributed by atoms with Crippen LogP contribution < -0.4 is 15.4 Å². The molecule has 0 aliphatic rings. The van der Waals surface area contributed by atoms with Gasteiger partial charge in [-0.15, -0.1) is 10.2 Å². The average molecular weight is 359 g/mol. The molecule has 0 aliphatic carbocycles. The summed E-state index contributed by atoms with van der Waals surface area (Å²) in [6, 6.07) is 0. The van der Waals surface area contributed by atoms with E-state index in [1.807, 2.05) is 31.5 Å². The SMILES string of the molecule is CCNC(=NCc1ncc(C)c(OC)c1C)NCCn1cnnc1CC. The Bertz CT molecular complexity index is 739. The Hall–Kier alpha value is -2.64. The normalized spacial score (nSPS) is 11.5. The molecule has 0 aliphatic heterocycles. The van der Waals surface area contributed by atoms with Crippen LogP contribution >= 0.6 is 0 Å². The maximum Gasteiger partial charge on any atom is 0.191 e. The van der Waals surface area contributed by atoms with Crippen molar-refractivity contribution in [3.8, 4) is 5.75 Å². The summed E-state index contributed by atoms with van der Waals surface area (Å²) >= 11 is 0. The van der Waals surface area contributed by atoms with E-state index in [9.17, 15) is 0 Å². The number of guanidine groups is 1. The first-order chi connectivity index (χ1) is 12.6. The van der Waals surface area contributed by atoms with E-state index in [-0.39, 0.29) is 0 Å². The number of ether oxygens (including phenoxy) is 1. The van der Waals surface area contributed by atoms with Gasteiger partial charge in [-0.25, -0.2) is 4.99 Å². The molecule has 2 heterocycles. The van der Waals surface area contributed by atoms with Gasteiger partial charge in [-0.1, -0.05) is 6.92 Å². The van der Waals surface area contributed by atoms with E-state index >= 15 is 0 Å². The predicted molar refractivity (Wildman–Crippen MR) is 102 cm³/mol. The molecule has 26 heavy (non-hydrogen) atoms. The van der Waals surface area contributed by atoms with Gasteiger partial charge in [-0.2, -0.15) is 0 Å². The number of rotatable bonds is 8.